The highest BCUT2D eigenvalue weighted by Gasteiger charge is 2.19. The van der Waals surface area contributed by atoms with Crippen molar-refractivity contribution in [3.05, 3.63) is 11.4 Å². The lowest BCUT2D eigenvalue weighted by molar-refractivity contribution is 0.0688. The molecule has 1 heterocycles. The molecule has 0 saturated carbocycles. The molecular formula is C10H17N3O2. The molecule has 0 aliphatic carbocycles. The van der Waals surface area contributed by atoms with Crippen molar-refractivity contribution in [1.29, 1.82) is 0 Å². The molecule has 5 nitrogen and oxygen atoms in total. The Balaban J connectivity index is 3.06. The Hall–Kier alpha value is -1.39. The highest BCUT2D eigenvalue weighted by atomic mass is 16.4. The summed E-state index contributed by atoms with van der Waals surface area (Å²) in [6, 6.07) is 0.0870. The van der Waals surface area contributed by atoms with Gasteiger partial charge in [0.15, 0.2) is 5.69 Å². The van der Waals surface area contributed by atoms with Gasteiger partial charge < -0.3 is 5.11 Å². The minimum absolute atomic E-state index is 0.0809. The average Bonchev–Trinajstić information content (AvgIpc) is 2.46. The largest absolute Gasteiger partial charge is 0.476 e. The number of aromatic carboxylic acids is 1. The predicted octanol–water partition coefficient (Wildman–Crippen LogP) is 1.76. The first kappa shape index (κ1) is 11.7. The van der Waals surface area contributed by atoms with E-state index in [0.29, 0.717) is 18.0 Å². The Morgan fingerprint density at radius 1 is 1.33 bits per heavy atom. The summed E-state index contributed by atoms with van der Waals surface area (Å²) >= 11 is 0. The molecule has 0 spiro atoms. The molecule has 0 unspecified atom stereocenters. The van der Waals surface area contributed by atoms with Crippen LogP contribution in [0.15, 0.2) is 0 Å². The maximum Gasteiger partial charge on any atom is 0.358 e. The number of rotatable bonds is 4. The van der Waals surface area contributed by atoms with Crippen molar-refractivity contribution in [1.82, 2.24) is 15.0 Å². The summed E-state index contributed by atoms with van der Waals surface area (Å²) in [4.78, 5) is 12.4. The van der Waals surface area contributed by atoms with Crippen LogP contribution >= 0.6 is 0 Å². The van der Waals surface area contributed by atoms with Crippen molar-refractivity contribution in [2.45, 2.75) is 40.2 Å². The third kappa shape index (κ3) is 2.78. The van der Waals surface area contributed by atoms with Crippen molar-refractivity contribution in [2.75, 3.05) is 0 Å². The molecule has 0 fully saturated rings. The monoisotopic (exact) mass is 211 g/mol. The number of carbonyl (C=O) groups is 1. The second-order valence-corrected chi connectivity index (χ2v) is 4.31. The van der Waals surface area contributed by atoms with Gasteiger partial charge in [0, 0.05) is 0 Å². The Bertz CT molecular complexity index is 356. The van der Waals surface area contributed by atoms with Crippen LogP contribution in [-0.4, -0.2) is 26.1 Å². The van der Waals surface area contributed by atoms with E-state index in [9.17, 15) is 4.79 Å². The van der Waals surface area contributed by atoms with Gasteiger partial charge in [-0.25, -0.2) is 4.79 Å². The van der Waals surface area contributed by atoms with E-state index in [-0.39, 0.29) is 11.7 Å². The number of hydrogen-bond donors (Lipinski definition) is 1. The second kappa shape index (κ2) is 4.42. The number of carboxylic acids is 1. The number of carboxylic acid groups (broad SMARTS) is 1. The molecule has 84 valence electrons. The van der Waals surface area contributed by atoms with Crippen LogP contribution in [0.5, 0.6) is 0 Å². The molecule has 1 N–H and O–H groups in total. The molecule has 5 heteroatoms. The van der Waals surface area contributed by atoms with Crippen LogP contribution in [0, 0.1) is 5.92 Å². The van der Waals surface area contributed by atoms with Crippen LogP contribution in [0.2, 0.25) is 0 Å². The summed E-state index contributed by atoms with van der Waals surface area (Å²) in [5.74, 6) is -0.627. The third-order valence-corrected chi connectivity index (χ3v) is 1.97. The molecule has 0 saturated heterocycles. The first-order valence-corrected chi connectivity index (χ1v) is 5.10. The maximum absolute atomic E-state index is 10.9. The van der Waals surface area contributed by atoms with Crippen LogP contribution in [0.1, 0.15) is 49.9 Å². The molecular weight excluding hydrogens is 194 g/mol. The summed E-state index contributed by atoms with van der Waals surface area (Å²) in [6.07, 6.45) is 0.647. The Kier molecular flexibility index (Phi) is 3.44. The fourth-order valence-corrected chi connectivity index (χ4v) is 1.27. The molecule has 0 radical (unpaired) electrons. The normalized spacial score (nSPS) is 11.3. The summed E-state index contributed by atoms with van der Waals surface area (Å²) in [7, 11) is 0. The Labute approximate surface area is 89.1 Å². The zero-order valence-corrected chi connectivity index (χ0v) is 9.56. The second-order valence-electron chi connectivity index (χ2n) is 4.31. The molecule has 15 heavy (non-hydrogen) atoms. The molecule has 1 aromatic heterocycles. The molecule has 0 atom stereocenters. The van der Waals surface area contributed by atoms with Gasteiger partial charge in [0.25, 0.3) is 0 Å². The zero-order chi connectivity index (χ0) is 11.6. The van der Waals surface area contributed by atoms with Crippen molar-refractivity contribution in [2.24, 2.45) is 5.92 Å². The number of aromatic nitrogens is 3. The molecule has 1 aromatic rings. The van der Waals surface area contributed by atoms with Crippen molar-refractivity contribution < 1.29 is 9.90 Å². The van der Waals surface area contributed by atoms with Gasteiger partial charge in [-0.15, -0.1) is 5.10 Å². The minimum atomic E-state index is -1.00. The van der Waals surface area contributed by atoms with Gasteiger partial charge in [-0.2, -0.15) is 9.90 Å². The highest BCUT2D eigenvalue weighted by molar-refractivity contribution is 5.86. The first-order valence-electron chi connectivity index (χ1n) is 5.10. The number of hydrogen-bond acceptors (Lipinski definition) is 3. The van der Waals surface area contributed by atoms with E-state index in [1.54, 1.807) is 0 Å². The van der Waals surface area contributed by atoms with Gasteiger partial charge in [0.2, 0.25) is 0 Å². The molecule has 0 aliphatic rings. The minimum Gasteiger partial charge on any atom is -0.476 e. The summed E-state index contributed by atoms with van der Waals surface area (Å²) in [6.45, 7) is 7.90. The van der Waals surface area contributed by atoms with Crippen LogP contribution in [0.3, 0.4) is 0 Å². The van der Waals surface area contributed by atoms with Gasteiger partial charge >= 0.3 is 5.97 Å². The Morgan fingerprint density at radius 2 is 1.93 bits per heavy atom. The first-order chi connectivity index (χ1) is 6.91. The molecule has 0 aliphatic heterocycles. The molecule has 0 amide bonds. The summed E-state index contributed by atoms with van der Waals surface area (Å²) < 4.78 is 0. The summed E-state index contributed by atoms with van der Waals surface area (Å²) in [5.41, 5.74) is 0.656. The lowest BCUT2D eigenvalue weighted by atomic mass is 10.1. The van der Waals surface area contributed by atoms with Gasteiger partial charge in [0.05, 0.1) is 11.7 Å². The van der Waals surface area contributed by atoms with Crippen LogP contribution < -0.4 is 0 Å². The lowest BCUT2D eigenvalue weighted by Crippen LogP contribution is -2.06. The van der Waals surface area contributed by atoms with Gasteiger partial charge in [-0.1, -0.05) is 13.8 Å². The van der Waals surface area contributed by atoms with E-state index in [4.69, 9.17) is 5.11 Å². The third-order valence-electron chi connectivity index (χ3n) is 1.97. The van der Waals surface area contributed by atoms with Gasteiger partial charge in [-0.05, 0) is 26.2 Å². The predicted molar refractivity (Wildman–Crippen MR) is 55.9 cm³/mol. The van der Waals surface area contributed by atoms with Gasteiger partial charge in [-0.3, -0.25) is 0 Å². The lowest BCUT2D eigenvalue weighted by Gasteiger charge is -2.02. The van der Waals surface area contributed by atoms with Crippen molar-refractivity contribution in [3.8, 4) is 0 Å². The van der Waals surface area contributed by atoms with E-state index in [1.165, 1.54) is 4.80 Å². The fraction of sp³-hybridized carbons (Fsp3) is 0.700. The van der Waals surface area contributed by atoms with E-state index in [0.717, 1.165) is 0 Å². The SMILES string of the molecule is CC(C)Cc1nn(C(C)C)nc1C(=O)O. The summed E-state index contributed by atoms with van der Waals surface area (Å²) in [5, 5.41) is 17.1. The van der Waals surface area contributed by atoms with Crippen LogP contribution in [0.4, 0.5) is 0 Å². The molecule has 1 rings (SSSR count). The standard InChI is InChI=1S/C10H17N3O2/c1-6(2)5-8-9(10(14)15)12-13(11-8)7(3)4/h6-7H,5H2,1-4H3,(H,14,15). The topological polar surface area (TPSA) is 68.0 Å². The Morgan fingerprint density at radius 3 is 2.33 bits per heavy atom. The van der Waals surface area contributed by atoms with Crippen LogP contribution in [0.25, 0.3) is 0 Å². The highest BCUT2D eigenvalue weighted by Crippen LogP contribution is 2.12. The fourth-order valence-electron chi connectivity index (χ4n) is 1.27. The van der Waals surface area contributed by atoms with Gasteiger partial charge in [0.1, 0.15) is 0 Å². The van der Waals surface area contributed by atoms with Crippen molar-refractivity contribution in [3.63, 3.8) is 0 Å². The number of nitrogens with zero attached hydrogens (tertiary/aromatic N) is 3. The molecule has 0 bridgehead atoms. The smallest absolute Gasteiger partial charge is 0.358 e. The quantitative estimate of drug-likeness (QED) is 0.823. The van der Waals surface area contributed by atoms with E-state index < -0.39 is 5.97 Å². The molecule has 0 aromatic carbocycles. The van der Waals surface area contributed by atoms with E-state index in [2.05, 4.69) is 10.2 Å². The zero-order valence-electron chi connectivity index (χ0n) is 9.56. The van der Waals surface area contributed by atoms with E-state index >= 15 is 0 Å². The van der Waals surface area contributed by atoms with Crippen molar-refractivity contribution >= 4 is 5.97 Å². The van der Waals surface area contributed by atoms with E-state index in [1.807, 2.05) is 27.7 Å². The van der Waals surface area contributed by atoms with Crippen LogP contribution in [-0.2, 0) is 6.42 Å². The average molecular weight is 211 g/mol. The maximum atomic E-state index is 10.9.